The van der Waals surface area contributed by atoms with Crippen LogP contribution in [0, 0.1) is 5.92 Å². The van der Waals surface area contributed by atoms with Crippen LogP contribution < -0.4 is 36.2 Å². The molecule has 10 heterocycles. The van der Waals surface area contributed by atoms with Gasteiger partial charge in [0, 0.05) is 106 Å². The first-order chi connectivity index (χ1) is 36.5. The van der Waals surface area contributed by atoms with E-state index in [1.165, 1.54) is 0 Å². The van der Waals surface area contributed by atoms with E-state index in [2.05, 4.69) is 56.8 Å². The number of fused-ring (bicyclic) bond motifs is 2. The second-order valence-corrected chi connectivity index (χ2v) is 21.7. The number of anilines is 5. The van der Waals surface area contributed by atoms with Crippen molar-refractivity contribution in [1.29, 1.82) is 0 Å². The molecule has 75 heavy (non-hydrogen) atoms. The van der Waals surface area contributed by atoms with E-state index in [0.717, 1.165) is 82.8 Å². The van der Waals surface area contributed by atoms with Gasteiger partial charge in [0.15, 0.2) is 29.4 Å². The summed E-state index contributed by atoms with van der Waals surface area (Å²) in [6.45, 7) is 7.17. The number of amides is 2. The molecule has 7 aromatic rings. The highest BCUT2D eigenvalue weighted by Crippen LogP contribution is 2.57. The molecule has 24 nitrogen and oxygen atoms in total. The molecular formula is C49H58F2N19O5+. The Morgan fingerprint density at radius 1 is 0.893 bits per heavy atom. The first kappa shape index (κ1) is 46.1. The van der Waals surface area contributed by atoms with E-state index in [1.807, 2.05) is 45.1 Å². The number of ether oxygens (including phenoxy) is 3. The molecule has 392 valence electrons. The van der Waals surface area contributed by atoms with Crippen LogP contribution >= 0.6 is 0 Å². The van der Waals surface area contributed by atoms with E-state index < -0.39 is 48.8 Å². The number of aromatic amines is 2. The molecule has 8 aliphatic rings. The molecule has 7 N–H and O–H groups in total. The molecule has 0 radical (unpaired) electrons. The van der Waals surface area contributed by atoms with Crippen molar-refractivity contribution < 1.29 is 37.3 Å². The zero-order valence-electron chi connectivity index (χ0n) is 41.2. The number of aromatic nitrogens is 12. The van der Waals surface area contributed by atoms with Crippen molar-refractivity contribution in [3.8, 4) is 5.69 Å². The highest BCUT2D eigenvalue weighted by Gasteiger charge is 2.58. The second-order valence-electron chi connectivity index (χ2n) is 21.7. The van der Waals surface area contributed by atoms with Gasteiger partial charge in [0.05, 0.1) is 48.2 Å². The van der Waals surface area contributed by atoms with Crippen molar-refractivity contribution in [3.05, 3.63) is 78.7 Å². The monoisotopic (exact) mass is 1030 g/mol. The number of hydrogen-bond donors (Lipinski definition) is 7. The lowest BCUT2D eigenvalue weighted by Gasteiger charge is -2.61. The fourth-order valence-electron chi connectivity index (χ4n) is 11.8. The van der Waals surface area contributed by atoms with Gasteiger partial charge in [0.2, 0.25) is 11.6 Å². The number of nitrogens with zero attached hydrogens (tertiary/aromatic N) is 12. The zero-order chi connectivity index (χ0) is 50.6. The summed E-state index contributed by atoms with van der Waals surface area (Å²) in [7, 11) is 0. The number of hydrogen-bond acceptors (Lipinski definition) is 16. The Morgan fingerprint density at radius 3 is 2.48 bits per heavy atom. The van der Waals surface area contributed by atoms with E-state index in [0.29, 0.717) is 77.2 Å². The maximum atomic E-state index is 16.6. The molecule has 2 amide bonds. The Balaban J connectivity index is 0.788. The highest BCUT2D eigenvalue weighted by molar-refractivity contribution is 5.72. The van der Waals surface area contributed by atoms with Crippen LogP contribution in [0.4, 0.5) is 47.6 Å². The van der Waals surface area contributed by atoms with Crippen molar-refractivity contribution >= 4 is 52.7 Å². The van der Waals surface area contributed by atoms with Crippen LogP contribution in [0.25, 0.3) is 17.0 Å². The Labute approximate surface area is 427 Å². The minimum Gasteiger partial charge on any atom is -0.443 e. The molecule has 26 heteroatoms. The Bertz CT molecular complexity index is 3270. The quantitative estimate of drug-likeness (QED) is 0.0712. The summed E-state index contributed by atoms with van der Waals surface area (Å²) in [6, 6.07) is 5.65. The van der Waals surface area contributed by atoms with Gasteiger partial charge in [0.1, 0.15) is 18.4 Å². The van der Waals surface area contributed by atoms with Gasteiger partial charge in [0.25, 0.3) is 0 Å². The standard InChI is InChI=1S/C49H57F2N19O5/c1-48(5-6-48)60-46(71)74-35-4-3-30(39(35)50)31-15-37(63-62-31)58-44-55-21-34(43-57-28(23-68(43)44)22-65-24-29(25-65)69-11-2-7-56-69)70-38(59-45-54-20-33(42-53-10-14-67(42)45)66-12-8-52-9-13-66)16-32(64-70)41-40(51)36(26-73-41)75-47(72)61-49-17-27(18-49)19-49/h2,7,10-11,14-16,20-21,23,27,29-30,35-36,39-41,52H,3-6,8-9,12-13,17-19,22,24-26H2,1H3,(H5,53,54,55,57,58,59,60,61,62,63,64,71,72)/p+1/t27?,30-,35-,36-,39-,40+,41-,49?/m0/s1. The molecule has 3 aliphatic heterocycles. The third kappa shape index (κ3) is 8.51. The predicted octanol–water partition coefficient (Wildman–Crippen LogP) is 4.17. The van der Waals surface area contributed by atoms with Gasteiger partial charge in [-0.3, -0.25) is 19.1 Å². The van der Waals surface area contributed by atoms with E-state index in [4.69, 9.17) is 34.1 Å². The number of piperazine rings is 1. The Kier molecular flexibility index (Phi) is 11.0. The summed E-state index contributed by atoms with van der Waals surface area (Å²) in [6.07, 6.45) is 10.5. The minimum atomic E-state index is -1.70. The lowest BCUT2D eigenvalue weighted by molar-refractivity contribution is -0.641. The van der Waals surface area contributed by atoms with Gasteiger partial charge in [-0.15, -0.1) is 4.68 Å². The number of rotatable bonds is 15. The summed E-state index contributed by atoms with van der Waals surface area (Å²) < 4.78 is 57.3. The lowest BCUT2D eigenvalue weighted by Crippen LogP contribution is -2.68. The average molecular weight is 1030 g/mol. The molecule has 0 unspecified atom stereocenters. The average Bonchev–Trinajstić information content (AvgIpc) is 4.18. The number of carbonyl (C=O) groups excluding carboxylic acids is 2. The predicted molar refractivity (Wildman–Crippen MR) is 264 cm³/mol. The van der Waals surface area contributed by atoms with Crippen LogP contribution in [0.15, 0.2) is 61.6 Å². The van der Waals surface area contributed by atoms with Gasteiger partial charge in [-0.05, 0) is 63.9 Å². The van der Waals surface area contributed by atoms with Crippen molar-refractivity contribution in [3.63, 3.8) is 0 Å². The lowest BCUT2D eigenvalue weighted by atomic mass is 9.50. The van der Waals surface area contributed by atoms with Crippen molar-refractivity contribution in [2.75, 3.05) is 61.4 Å². The Morgan fingerprint density at radius 2 is 1.69 bits per heavy atom. The molecule has 3 saturated heterocycles. The van der Waals surface area contributed by atoms with E-state index in [9.17, 15) is 9.59 Å². The van der Waals surface area contributed by atoms with Gasteiger partial charge < -0.3 is 40.4 Å². The molecule has 6 atom stereocenters. The number of nitrogens with one attached hydrogen (secondary N) is 7. The molecule has 0 aromatic carbocycles. The van der Waals surface area contributed by atoms with Crippen LogP contribution in [-0.2, 0) is 20.8 Å². The first-order valence-electron chi connectivity index (χ1n) is 26.0. The molecule has 5 saturated carbocycles. The molecule has 15 rings (SSSR count). The summed E-state index contributed by atoms with van der Waals surface area (Å²) in [5, 5.41) is 31.4. The van der Waals surface area contributed by atoms with Crippen LogP contribution in [0.5, 0.6) is 0 Å². The van der Waals surface area contributed by atoms with Gasteiger partial charge >= 0.3 is 24.0 Å². The van der Waals surface area contributed by atoms with E-state index in [1.54, 1.807) is 41.6 Å². The SMILES string of the molecule is CC1(NC(=O)O[C@H]2CC[C@@H](c3cc(Nc4ncc(-[n+]5[nH]c([C@@H]6OC[C@H](OC(=O)NC78CC(C7)C8)[C@H]6F)cc5Nc5ncc(N6CCNCC6)c6nccn56)c5nc(CN6CC(n7cccn7)C6)cn45)n[nH]3)[C@@H]2F)CC1. The third-order valence-electron chi connectivity index (χ3n) is 16.3. The summed E-state index contributed by atoms with van der Waals surface area (Å²) in [5.74, 6) is 1.72. The second kappa shape index (κ2) is 17.9. The fraction of sp³-hybridized carbons (Fsp3) is 0.531. The molecule has 7 aromatic heterocycles. The van der Waals surface area contributed by atoms with Crippen LogP contribution in [0.3, 0.4) is 0 Å². The third-order valence-corrected chi connectivity index (χ3v) is 16.3. The Hall–Kier alpha value is -7.45. The summed E-state index contributed by atoms with van der Waals surface area (Å²) in [5.41, 5.74) is 3.74. The topological polar surface area (TPSA) is 255 Å². The maximum absolute atomic E-state index is 16.6. The minimum absolute atomic E-state index is 0.137. The number of carbonyl (C=O) groups is 2. The molecule has 5 aliphatic carbocycles. The zero-order valence-corrected chi connectivity index (χ0v) is 41.2. The molecule has 2 bridgehead atoms. The van der Waals surface area contributed by atoms with Gasteiger partial charge in [-0.1, -0.05) is 0 Å². The number of imidazole rings is 2. The van der Waals surface area contributed by atoms with Crippen LogP contribution in [0.1, 0.15) is 87.0 Å². The van der Waals surface area contributed by atoms with Crippen molar-refractivity contribution in [2.45, 2.75) is 112 Å². The van der Waals surface area contributed by atoms with Gasteiger partial charge in [-0.25, -0.2) is 48.1 Å². The number of halogens is 2. The van der Waals surface area contributed by atoms with E-state index in [-0.39, 0.29) is 23.7 Å². The fourth-order valence-corrected chi connectivity index (χ4v) is 11.8. The maximum Gasteiger partial charge on any atom is 0.408 e. The number of likely N-dealkylation sites (tertiary alicyclic amines) is 1. The number of H-pyrrole nitrogens is 2. The van der Waals surface area contributed by atoms with Crippen molar-refractivity contribution in [1.82, 2.24) is 74.7 Å². The molecule has 0 spiro atoms. The summed E-state index contributed by atoms with van der Waals surface area (Å²) in [4.78, 5) is 49.9. The summed E-state index contributed by atoms with van der Waals surface area (Å²) >= 11 is 0. The van der Waals surface area contributed by atoms with Crippen molar-refractivity contribution in [2.24, 2.45) is 5.92 Å². The van der Waals surface area contributed by atoms with Crippen LogP contribution in [0.2, 0.25) is 0 Å². The van der Waals surface area contributed by atoms with E-state index >= 15 is 8.78 Å². The normalized spacial score (nSPS) is 27.9. The highest BCUT2D eigenvalue weighted by atomic mass is 19.1. The molecule has 8 fully saturated rings. The molecular weight excluding hydrogens is 973 g/mol. The largest absolute Gasteiger partial charge is 0.443 e. The number of alkyl carbamates (subject to hydrolysis) is 2. The van der Waals surface area contributed by atoms with Crippen LogP contribution in [-0.4, -0.2) is 152 Å². The van der Waals surface area contributed by atoms with Gasteiger partial charge in [-0.2, -0.15) is 15.2 Å². The smallest absolute Gasteiger partial charge is 0.408 e. The number of alkyl halides is 2. The first-order valence-corrected chi connectivity index (χ1v) is 26.0.